The summed E-state index contributed by atoms with van der Waals surface area (Å²) in [6.07, 6.45) is -4.54. The highest BCUT2D eigenvalue weighted by Crippen LogP contribution is 2.64. The van der Waals surface area contributed by atoms with E-state index in [9.17, 15) is 29.7 Å². The molecule has 9 heteroatoms. The number of carbonyl (C=O) groups excluding carboxylic acids is 3. The second-order valence-corrected chi connectivity index (χ2v) is 9.88. The number of hydrogen-bond acceptors (Lipinski definition) is 9. The number of ketones is 1. The molecule has 0 aromatic carbocycles. The minimum absolute atomic E-state index is 0.0756. The van der Waals surface area contributed by atoms with Gasteiger partial charge in [-0.05, 0) is 26.3 Å². The standard InChI is InChI=1S/C22H30O9/c1-9-6-13(25)18(29-11(3)23)20(4)14(26)8-12(24)10(2)16(20)17(27)22-15(7-9)30-19(28)21(22,5)31-22/h7,10,13-18,25-27H,6,8H2,1-5H3/b9-7-/t10-,13+,14-,15-,16+,17-,18-,20-,21-,22-/m1/s1. The lowest BCUT2D eigenvalue weighted by Gasteiger charge is -2.54. The number of rotatable bonds is 1. The van der Waals surface area contributed by atoms with Crippen molar-refractivity contribution in [3.8, 4) is 0 Å². The zero-order valence-electron chi connectivity index (χ0n) is 18.3. The number of Topliss-reactive ketones (excluding diaryl/α,β-unsaturated/α-hetero) is 1. The van der Waals surface area contributed by atoms with Crippen molar-refractivity contribution in [1.29, 1.82) is 0 Å². The Morgan fingerprint density at radius 1 is 1.19 bits per heavy atom. The van der Waals surface area contributed by atoms with Crippen LogP contribution in [0, 0.1) is 17.3 Å². The summed E-state index contributed by atoms with van der Waals surface area (Å²) in [5.41, 5.74) is -3.58. The lowest BCUT2D eigenvalue weighted by atomic mass is 9.53. The van der Waals surface area contributed by atoms with E-state index in [1.807, 2.05) is 0 Å². The first-order chi connectivity index (χ1) is 14.3. The van der Waals surface area contributed by atoms with Crippen LogP contribution in [0.1, 0.15) is 47.5 Å². The molecule has 4 rings (SSSR count). The zero-order chi connectivity index (χ0) is 23.1. The fourth-order valence-corrected chi connectivity index (χ4v) is 6.21. The molecule has 0 aromatic rings. The predicted molar refractivity (Wildman–Crippen MR) is 104 cm³/mol. The van der Waals surface area contributed by atoms with Crippen LogP contribution in [0.15, 0.2) is 11.6 Å². The smallest absolute Gasteiger partial charge is 0.342 e. The van der Waals surface area contributed by atoms with Crippen molar-refractivity contribution in [2.75, 3.05) is 0 Å². The molecule has 2 aliphatic carbocycles. The minimum Gasteiger partial charge on any atom is -0.459 e. The third-order valence-electron chi connectivity index (χ3n) is 8.00. The molecule has 10 atom stereocenters. The number of epoxide rings is 1. The van der Waals surface area contributed by atoms with Crippen molar-refractivity contribution in [3.05, 3.63) is 11.6 Å². The maximum Gasteiger partial charge on any atom is 0.342 e. The molecule has 0 radical (unpaired) electrons. The normalized spacial score (nSPS) is 53.3. The summed E-state index contributed by atoms with van der Waals surface area (Å²) in [6.45, 7) is 7.70. The predicted octanol–water partition coefficient (Wildman–Crippen LogP) is 0.0353. The topological polar surface area (TPSA) is 143 Å². The Morgan fingerprint density at radius 3 is 2.42 bits per heavy atom. The van der Waals surface area contributed by atoms with Gasteiger partial charge in [-0.15, -0.1) is 0 Å². The molecule has 0 bridgehead atoms. The molecule has 0 amide bonds. The van der Waals surface area contributed by atoms with Gasteiger partial charge >= 0.3 is 11.9 Å². The molecule has 2 saturated heterocycles. The summed E-state index contributed by atoms with van der Waals surface area (Å²) in [6, 6.07) is 0. The van der Waals surface area contributed by atoms with Crippen molar-refractivity contribution >= 4 is 17.7 Å². The Kier molecular flexibility index (Phi) is 4.94. The zero-order valence-corrected chi connectivity index (χ0v) is 18.3. The number of esters is 2. The largest absolute Gasteiger partial charge is 0.459 e. The fraction of sp³-hybridized carbons (Fsp3) is 0.773. The van der Waals surface area contributed by atoms with Crippen molar-refractivity contribution in [3.63, 3.8) is 0 Å². The van der Waals surface area contributed by atoms with Crippen LogP contribution < -0.4 is 0 Å². The Bertz CT molecular complexity index is 867. The molecule has 1 spiro atoms. The van der Waals surface area contributed by atoms with E-state index in [1.165, 1.54) is 13.8 Å². The van der Waals surface area contributed by atoms with E-state index < -0.39 is 70.9 Å². The van der Waals surface area contributed by atoms with E-state index in [4.69, 9.17) is 14.2 Å². The molecule has 0 unspecified atom stereocenters. The molecule has 3 fully saturated rings. The van der Waals surface area contributed by atoms with Gasteiger partial charge in [0.2, 0.25) is 0 Å². The number of aliphatic hydroxyl groups is 3. The fourth-order valence-electron chi connectivity index (χ4n) is 6.21. The third-order valence-corrected chi connectivity index (χ3v) is 8.00. The number of aliphatic hydroxyl groups excluding tert-OH is 3. The van der Waals surface area contributed by atoms with Crippen LogP contribution in [0.25, 0.3) is 0 Å². The first kappa shape index (κ1) is 22.4. The van der Waals surface area contributed by atoms with E-state index in [1.54, 1.807) is 26.8 Å². The number of hydrogen-bond donors (Lipinski definition) is 3. The van der Waals surface area contributed by atoms with Gasteiger partial charge in [0, 0.05) is 30.6 Å². The second-order valence-electron chi connectivity index (χ2n) is 9.88. The van der Waals surface area contributed by atoms with Crippen molar-refractivity contribution in [2.45, 2.75) is 89.2 Å². The first-order valence-corrected chi connectivity index (χ1v) is 10.6. The molecule has 172 valence electrons. The molecule has 4 aliphatic rings. The molecule has 2 aliphatic heterocycles. The van der Waals surface area contributed by atoms with Gasteiger partial charge in [0.05, 0.1) is 18.3 Å². The molecule has 31 heavy (non-hydrogen) atoms. The molecule has 1 saturated carbocycles. The molecular formula is C22H30O9. The Hall–Kier alpha value is -1.81. The van der Waals surface area contributed by atoms with Gasteiger partial charge in [-0.2, -0.15) is 0 Å². The highest BCUT2D eigenvalue weighted by Gasteiger charge is 2.86. The molecular weight excluding hydrogens is 408 g/mol. The summed E-state index contributed by atoms with van der Waals surface area (Å²) >= 11 is 0. The van der Waals surface area contributed by atoms with E-state index in [-0.39, 0.29) is 18.6 Å². The van der Waals surface area contributed by atoms with Gasteiger partial charge in [-0.3, -0.25) is 9.59 Å². The monoisotopic (exact) mass is 438 g/mol. The number of fused-ring (bicyclic) bond motifs is 1. The summed E-state index contributed by atoms with van der Waals surface area (Å²) in [4.78, 5) is 37.2. The summed E-state index contributed by atoms with van der Waals surface area (Å²) in [5, 5.41) is 33.8. The van der Waals surface area contributed by atoms with Crippen LogP contribution >= 0.6 is 0 Å². The van der Waals surface area contributed by atoms with Gasteiger partial charge in [0.15, 0.2) is 17.3 Å². The highest BCUT2D eigenvalue weighted by molar-refractivity contribution is 5.89. The average molecular weight is 438 g/mol. The SMILES string of the molecule is CC(=O)O[C@@H]1[C@@H](O)C/C(C)=C\[C@H]2OC(=O)[C@@]3(C)O[C@@]23[C@H](O)[C@@H]2[C@H](C)C(=O)C[C@@H](O)[C@]21C. The van der Waals surface area contributed by atoms with Gasteiger partial charge in [0.25, 0.3) is 0 Å². The molecule has 2 heterocycles. The lowest BCUT2D eigenvalue weighted by Crippen LogP contribution is -2.66. The summed E-state index contributed by atoms with van der Waals surface area (Å²) < 4.78 is 16.9. The van der Waals surface area contributed by atoms with Crippen molar-refractivity contribution < 1.29 is 43.9 Å². The van der Waals surface area contributed by atoms with E-state index in [0.717, 1.165) is 0 Å². The van der Waals surface area contributed by atoms with Crippen LogP contribution in [-0.4, -0.2) is 74.8 Å². The minimum atomic E-state index is -1.44. The van der Waals surface area contributed by atoms with Gasteiger partial charge in [-0.1, -0.05) is 19.4 Å². The Morgan fingerprint density at radius 2 is 1.84 bits per heavy atom. The van der Waals surface area contributed by atoms with Crippen LogP contribution in [-0.2, 0) is 28.6 Å². The van der Waals surface area contributed by atoms with E-state index >= 15 is 0 Å². The Balaban J connectivity index is 1.93. The van der Waals surface area contributed by atoms with Crippen LogP contribution in [0.3, 0.4) is 0 Å². The van der Waals surface area contributed by atoms with E-state index in [2.05, 4.69) is 0 Å². The molecule has 3 N–H and O–H groups in total. The first-order valence-electron chi connectivity index (χ1n) is 10.6. The molecule has 9 nitrogen and oxygen atoms in total. The number of ether oxygens (including phenoxy) is 3. The highest BCUT2D eigenvalue weighted by atomic mass is 16.7. The summed E-state index contributed by atoms with van der Waals surface area (Å²) in [5.74, 6) is -3.27. The van der Waals surface area contributed by atoms with Crippen LogP contribution in [0.4, 0.5) is 0 Å². The lowest BCUT2D eigenvalue weighted by molar-refractivity contribution is -0.215. The van der Waals surface area contributed by atoms with Crippen molar-refractivity contribution in [2.24, 2.45) is 17.3 Å². The van der Waals surface area contributed by atoms with Crippen LogP contribution in [0.5, 0.6) is 0 Å². The molecule has 0 aromatic heterocycles. The average Bonchev–Trinajstić information content (AvgIpc) is 3.25. The van der Waals surface area contributed by atoms with Gasteiger partial charge in [0.1, 0.15) is 11.9 Å². The van der Waals surface area contributed by atoms with Crippen LogP contribution in [0.2, 0.25) is 0 Å². The maximum absolute atomic E-state index is 12.7. The van der Waals surface area contributed by atoms with Crippen molar-refractivity contribution in [1.82, 2.24) is 0 Å². The second kappa shape index (κ2) is 6.84. The van der Waals surface area contributed by atoms with Gasteiger partial charge in [-0.25, -0.2) is 4.79 Å². The quantitative estimate of drug-likeness (QED) is 0.294. The Labute approximate surface area is 180 Å². The number of carbonyl (C=O) groups is 3. The summed E-state index contributed by atoms with van der Waals surface area (Å²) in [7, 11) is 0. The maximum atomic E-state index is 12.7. The third kappa shape index (κ3) is 2.79. The van der Waals surface area contributed by atoms with E-state index in [0.29, 0.717) is 5.57 Å². The van der Waals surface area contributed by atoms with Gasteiger partial charge < -0.3 is 29.5 Å².